The Morgan fingerprint density at radius 2 is 2.09 bits per heavy atom. The molecule has 1 aromatic heterocycles. The SMILES string of the molecule is O=C(OCc1ccccc1)N1CCC(O)(c2cccnc2)C1. The highest BCUT2D eigenvalue weighted by atomic mass is 16.6. The van der Waals surface area contributed by atoms with Gasteiger partial charge in [0.05, 0.1) is 6.54 Å². The Morgan fingerprint density at radius 3 is 2.82 bits per heavy atom. The maximum absolute atomic E-state index is 12.1. The topological polar surface area (TPSA) is 62.7 Å². The Morgan fingerprint density at radius 1 is 1.27 bits per heavy atom. The van der Waals surface area contributed by atoms with Gasteiger partial charge in [0.1, 0.15) is 12.2 Å². The van der Waals surface area contributed by atoms with Crippen molar-refractivity contribution >= 4 is 6.09 Å². The molecule has 1 fully saturated rings. The first kappa shape index (κ1) is 14.5. The highest BCUT2D eigenvalue weighted by Gasteiger charge is 2.40. The third-order valence-corrected chi connectivity index (χ3v) is 3.91. The van der Waals surface area contributed by atoms with E-state index in [1.807, 2.05) is 36.4 Å². The second-order valence-electron chi connectivity index (χ2n) is 5.49. The van der Waals surface area contributed by atoms with E-state index >= 15 is 0 Å². The van der Waals surface area contributed by atoms with Gasteiger partial charge in [0.25, 0.3) is 0 Å². The molecular weight excluding hydrogens is 280 g/mol. The summed E-state index contributed by atoms with van der Waals surface area (Å²) >= 11 is 0. The molecule has 5 nitrogen and oxygen atoms in total. The van der Waals surface area contributed by atoms with E-state index in [9.17, 15) is 9.90 Å². The fourth-order valence-corrected chi connectivity index (χ4v) is 2.63. The molecule has 5 heteroatoms. The summed E-state index contributed by atoms with van der Waals surface area (Å²) in [6.45, 7) is 0.937. The van der Waals surface area contributed by atoms with Crippen molar-refractivity contribution in [3.05, 3.63) is 66.0 Å². The molecule has 1 amide bonds. The van der Waals surface area contributed by atoms with Gasteiger partial charge in [-0.15, -0.1) is 0 Å². The molecule has 1 aliphatic rings. The number of pyridine rings is 1. The molecule has 0 spiro atoms. The molecule has 0 bridgehead atoms. The average molecular weight is 298 g/mol. The van der Waals surface area contributed by atoms with E-state index in [-0.39, 0.29) is 13.2 Å². The number of likely N-dealkylation sites (tertiary alicyclic amines) is 1. The summed E-state index contributed by atoms with van der Waals surface area (Å²) in [5.41, 5.74) is 0.631. The van der Waals surface area contributed by atoms with Crippen molar-refractivity contribution in [2.45, 2.75) is 18.6 Å². The molecule has 0 radical (unpaired) electrons. The number of carbonyl (C=O) groups excluding carboxylic acids is 1. The van der Waals surface area contributed by atoms with Gasteiger partial charge in [0.2, 0.25) is 0 Å². The smallest absolute Gasteiger partial charge is 0.410 e. The lowest BCUT2D eigenvalue weighted by molar-refractivity contribution is 0.0404. The molecule has 1 atom stereocenters. The number of carbonyl (C=O) groups is 1. The minimum Gasteiger partial charge on any atom is -0.445 e. The molecule has 22 heavy (non-hydrogen) atoms. The number of rotatable bonds is 3. The van der Waals surface area contributed by atoms with Gasteiger partial charge < -0.3 is 14.7 Å². The van der Waals surface area contributed by atoms with Crippen LogP contribution >= 0.6 is 0 Å². The highest BCUT2D eigenvalue weighted by molar-refractivity contribution is 5.68. The summed E-state index contributed by atoms with van der Waals surface area (Å²) in [6, 6.07) is 13.1. The number of hydrogen-bond donors (Lipinski definition) is 1. The molecule has 1 unspecified atom stereocenters. The number of aliphatic hydroxyl groups is 1. The fourth-order valence-electron chi connectivity index (χ4n) is 2.63. The highest BCUT2D eigenvalue weighted by Crippen LogP contribution is 2.31. The molecule has 1 aliphatic heterocycles. The predicted octanol–water partition coefficient (Wildman–Crippen LogP) is 2.31. The van der Waals surface area contributed by atoms with Gasteiger partial charge in [0, 0.05) is 24.5 Å². The lowest BCUT2D eigenvalue weighted by atomic mass is 9.95. The molecule has 2 heterocycles. The minimum absolute atomic E-state index is 0.228. The summed E-state index contributed by atoms with van der Waals surface area (Å²) in [5, 5.41) is 10.7. The molecular formula is C17H18N2O3. The van der Waals surface area contributed by atoms with Crippen molar-refractivity contribution < 1.29 is 14.6 Å². The Kier molecular flexibility index (Phi) is 4.06. The van der Waals surface area contributed by atoms with Gasteiger partial charge in [0.15, 0.2) is 0 Å². The van der Waals surface area contributed by atoms with Crippen molar-refractivity contribution in [3.8, 4) is 0 Å². The molecule has 0 saturated carbocycles. The van der Waals surface area contributed by atoms with E-state index in [0.717, 1.165) is 11.1 Å². The number of amides is 1. The number of ether oxygens (including phenoxy) is 1. The largest absolute Gasteiger partial charge is 0.445 e. The van der Waals surface area contributed by atoms with Crippen molar-refractivity contribution in [1.29, 1.82) is 0 Å². The predicted molar refractivity (Wildman–Crippen MR) is 81.0 cm³/mol. The second-order valence-corrected chi connectivity index (χ2v) is 5.49. The Bertz CT molecular complexity index is 633. The van der Waals surface area contributed by atoms with Crippen LogP contribution in [0, 0.1) is 0 Å². The summed E-state index contributed by atoms with van der Waals surface area (Å²) in [5.74, 6) is 0. The molecule has 1 N–H and O–H groups in total. The minimum atomic E-state index is -1.04. The first-order chi connectivity index (χ1) is 10.7. The number of nitrogens with zero attached hydrogens (tertiary/aromatic N) is 2. The maximum atomic E-state index is 12.1. The molecule has 114 valence electrons. The Balaban J connectivity index is 1.59. The van der Waals surface area contributed by atoms with E-state index in [0.29, 0.717) is 13.0 Å². The van der Waals surface area contributed by atoms with Crippen LogP contribution in [0.15, 0.2) is 54.9 Å². The van der Waals surface area contributed by atoms with Crippen LogP contribution in [0.1, 0.15) is 17.5 Å². The number of hydrogen-bond acceptors (Lipinski definition) is 4. The van der Waals surface area contributed by atoms with Gasteiger partial charge in [-0.3, -0.25) is 4.98 Å². The lowest BCUT2D eigenvalue weighted by Gasteiger charge is -2.23. The van der Waals surface area contributed by atoms with E-state index in [1.165, 1.54) is 4.90 Å². The first-order valence-electron chi connectivity index (χ1n) is 7.26. The zero-order chi connectivity index (χ0) is 15.4. The van der Waals surface area contributed by atoms with Crippen molar-refractivity contribution in [1.82, 2.24) is 9.88 Å². The third kappa shape index (κ3) is 3.09. The van der Waals surface area contributed by atoms with E-state index in [1.54, 1.807) is 18.5 Å². The van der Waals surface area contributed by atoms with Crippen LogP contribution in [0.5, 0.6) is 0 Å². The normalized spacial score (nSPS) is 20.9. The summed E-state index contributed by atoms with van der Waals surface area (Å²) in [4.78, 5) is 17.7. The molecule has 1 saturated heterocycles. The third-order valence-electron chi connectivity index (χ3n) is 3.91. The van der Waals surface area contributed by atoms with Crippen LogP contribution in [-0.4, -0.2) is 34.2 Å². The molecule has 1 aromatic carbocycles. The standard InChI is InChI=1S/C17H18N2O3/c20-16(22-12-14-5-2-1-3-6-14)19-10-8-17(21,13-19)15-7-4-9-18-11-15/h1-7,9,11,21H,8,10,12-13H2. The lowest BCUT2D eigenvalue weighted by Crippen LogP contribution is -2.34. The van der Waals surface area contributed by atoms with Crippen LogP contribution in [0.2, 0.25) is 0 Å². The Labute approximate surface area is 129 Å². The van der Waals surface area contributed by atoms with Gasteiger partial charge in [-0.05, 0) is 18.1 Å². The zero-order valence-corrected chi connectivity index (χ0v) is 12.2. The van der Waals surface area contributed by atoms with Gasteiger partial charge in [-0.25, -0.2) is 4.79 Å². The van der Waals surface area contributed by atoms with Crippen LogP contribution < -0.4 is 0 Å². The quantitative estimate of drug-likeness (QED) is 0.944. The molecule has 0 aliphatic carbocycles. The van der Waals surface area contributed by atoms with Gasteiger partial charge in [-0.2, -0.15) is 0 Å². The van der Waals surface area contributed by atoms with E-state index < -0.39 is 11.7 Å². The van der Waals surface area contributed by atoms with Crippen LogP contribution in [0.3, 0.4) is 0 Å². The fraction of sp³-hybridized carbons (Fsp3) is 0.294. The summed E-state index contributed by atoms with van der Waals surface area (Å²) < 4.78 is 5.30. The summed E-state index contributed by atoms with van der Waals surface area (Å²) in [7, 11) is 0. The number of aromatic nitrogens is 1. The van der Waals surface area contributed by atoms with Gasteiger partial charge >= 0.3 is 6.09 Å². The Hall–Kier alpha value is -2.40. The average Bonchev–Trinajstić information content (AvgIpc) is 2.98. The van der Waals surface area contributed by atoms with Crippen LogP contribution in [-0.2, 0) is 16.9 Å². The van der Waals surface area contributed by atoms with Crippen LogP contribution in [0.4, 0.5) is 4.79 Å². The second kappa shape index (κ2) is 6.15. The maximum Gasteiger partial charge on any atom is 0.410 e. The number of benzene rings is 1. The van der Waals surface area contributed by atoms with Crippen LogP contribution in [0.25, 0.3) is 0 Å². The van der Waals surface area contributed by atoms with Gasteiger partial charge in [-0.1, -0.05) is 36.4 Å². The van der Waals surface area contributed by atoms with Crippen molar-refractivity contribution in [2.24, 2.45) is 0 Å². The van der Waals surface area contributed by atoms with E-state index in [2.05, 4.69) is 4.98 Å². The van der Waals surface area contributed by atoms with E-state index in [4.69, 9.17) is 4.74 Å². The number of β-amino-alcohol motifs (C(OH)–C–C–N with tert-alkyl or cyclic N) is 1. The monoisotopic (exact) mass is 298 g/mol. The first-order valence-corrected chi connectivity index (χ1v) is 7.26. The molecule has 2 aromatic rings. The van der Waals surface area contributed by atoms with Crippen molar-refractivity contribution in [3.63, 3.8) is 0 Å². The van der Waals surface area contributed by atoms with Crippen molar-refractivity contribution in [2.75, 3.05) is 13.1 Å². The molecule has 3 rings (SSSR count). The summed E-state index contributed by atoms with van der Waals surface area (Å²) in [6.07, 6.45) is 3.38. The zero-order valence-electron chi connectivity index (χ0n) is 12.2.